The average Bonchev–Trinajstić information content (AvgIpc) is 3.24. The lowest BCUT2D eigenvalue weighted by molar-refractivity contribution is -0.139. The summed E-state index contributed by atoms with van der Waals surface area (Å²) in [6, 6.07) is 7.92. The summed E-state index contributed by atoms with van der Waals surface area (Å²) in [4.78, 5) is 39.0. The molecule has 0 spiro atoms. The summed E-state index contributed by atoms with van der Waals surface area (Å²) in [5.41, 5.74) is 6.34. The van der Waals surface area contributed by atoms with E-state index in [9.17, 15) is 14.4 Å². The zero-order chi connectivity index (χ0) is 21.5. The summed E-state index contributed by atoms with van der Waals surface area (Å²) in [5, 5.41) is 2.73. The van der Waals surface area contributed by atoms with Gasteiger partial charge in [0.1, 0.15) is 18.7 Å². The van der Waals surface area contributed by atoms with Gasteiger partial charge in [-0.2, -0.15) is 0 Å². The van der Waals surface area contributed by atoms with Crippen molar-refractivity contribution >= 4 is 17.9 Å². The Balaban J connectivity index is 1.69. The van der Waals surface area contributed by atoms with Crippen LogP contribution in [0.5, 0.6) is 0 Å². The van der Waals surface area contributed by atoms with Crippen molar-refractivity contribution in [1.29, 1.82) is 0 Å². The molecule has 1 aromatic carbocycles. The molecule has 0 bridgehead atoms. The third-order valence-corrected chi connectivity index (χ3v) is 5.73. The summed E-state index contributed by atoms with van der Waals surface area (Å²) in [5.74, 6) is -0.478. The van der Waals surface area contributed by atoms with Crippen molar-refractivity contribution in [2.45, 2.75) is 44.9 Å². The fourth-order valence-corrected chi connectivity index (χ4v) is 3.98. The Morgan fingerprint density at radius 2 is 1.93 bits per heavy atom. The predicted octanol–water partition coefficient (Wildman–Crippen LogP) is 2.53. The van der Waals surface area contributed by atoms with Gasteiger partial charge in [0, 0.05) is 6.54 Å². The number of nitrogens with one attached hydrogen (secondary N) is 1. The summed E-state index contributed by atoms with van der Waals surface area (Å²) in [6.07, 6.45) is 9.06. The van der Waals surface area contributed by atoms with Crippen LogP contribution in [0.1, 0.15) is 31.7 Å². The molecule has 1 saturated heterocycles. The largest absolute Gasteiger partial charge is 0.445 e. The summed E-state index contributed by atoms with van der Waals surface area (Å²) >= 11 is 0. The van der Waals surface area contributed by atoms with Crippen molar-refractivity contribution in [3.8, 4) is 0 Å². The van der Waals surface area contributed by atoms with E-state index in [2.05, 4.69) is 18.3 Å². The summed E-state index contributed by atoms with van der Waals surface area (Å²) in [6.45, 7) is 2.64. The SMILES string of the molecule is CC1C=CC=CC1C[C@@H](NC(=O)OCc1ccccc1)C(=O)N1CCC[C@H]1C(N)=O. The van der Waals surface area contributed by atoms with Gasteiger partial charge in [0.25, 0.3) is 0 Å². The maximum atomic E-state index is 13.3. The zero-order valence-corrected chi connectivity index (χ0v) is 17.2. The maximum Gasteiger partial charge on any atom is 0.408 e. The Hall–Kier alpha value is -3.09. The predicted molar refractivity (Wildman–Crippen MR) is 113 cm³/mol. The van der Waals surface area contributed by atoms with Crippen LogP contribution in [0.15, 0.2) is 54.6 Å². The molecule has 7 nitrogen and oxygen atoms in total. The van der Waals surface area contributed by atoms with Gasteiger partial charge in [0.2, 0.25) is 11.8 Å². The van der Waals surface area contributed by atoms with E-state index in [1.165, 1.54) is 4.90 Å². The third-order valence-electron chi connectivity index (χ3n) is 5.73. The van der Waals surface area contributed by atoms with Gasteiger partial charge in [-0.25, -0.2) is 4.79 Å². The standard InChI is InChI=1S/C23H29N3O4/c1-16-8-5-6-11-18(16)14-19(22(28)26-13-7-12-20(26)21(24)27)25-23(29)30-15-17-9-3-2-4-10-17/h2-6,8-11,16,18-20H,7,12-15H2,1H3,(H2,24,27)(H,25,29)/t16?,18?,19-,20+/m1/s1. The lowest BCUT2D eigenvalue weighted by atomic mass is 9.84. The first-order valence-electron chi connectivity index (χ1n) is 10.4. The molecule has 3 rings (SSSR count). The highest BCUT2D eigenvalue weighted by Crippen LogP contribution is 2.26. The summed E-state index contributed by atoms with van der Waals surface area (Å²) in [7, 11) is 0. The molecule has 1 aliphatic heterocycles. The van der Waals surface area contributed by atoms with E-state index in [4.69, 9.17) is 10.5 Å². The highest BCUT2D eigenvalue weighted by molar-refractivity contribution is 5.91. The molecule has 2 unspecified atom stereocenters. The molecular weight excluding hydrogens is 382 g/mol. The number of benzene rings is 1. The number of amides is 3. The molecule has 2 aliphatic rings. The quantitative estimate of drug-likeness (QED) is 0.720. The first-order chi connectivity index (χ1) is 14.5. The van der Waals surface area contributed by atoms with Crippen LogP contribution in [-0.2, 0) is 20.9 Å². The Morgan fingerprint density at radius 3 is 2.63 bits per heavy atom. The molecule has 1 aromatic rings. The van der Waals surface area contributed by atoms with Gasteiger partial charge in [0.05, 0.1) is 0 Å². The van der Waals surface area contributed by atoms with E-state index in [-0.39, 0.29) is 24.3 Å². The number of carbonyl (C=O) groups is 3. The Bertz CT molecular complexity index is 821. The van der Waals surface area contributed by atoms with E-state index in [1.807, 2.05) is 48.6 Å². The second-order valence-corrected chi connectivity index (χ2v) is 7.88. The minimum atomic E-state index is -0.795. The molecule has 30 heavy (non-hydrogen) atoms. The van der Waals surface area contributed by atoms with Gasteiger partial charge in [-0.15, -0.1) is 0 Å². The van der Waals surface area contributed by atoms with Gasteiger partial charge in [-0.1, -0.05) is 61.6 Å². The number of hydrogen-bond donors (Lipinski definition) is 2. The van der Waals surface area contributed by atoms with E-state index in [0.717, 1.165) is 5.56 Å². The first kappa shape index (κ1) is 21.6. The normalized spacial score (nSPS) is 23.8. The number of nitrogens with zero attached hydrogens (tertiary/aromatic N) is 1. The van der Waals surface area contributed by atoms with Gasteiger partial charge in [-0.3, -0.25) is 9.59 Å². The van der Waals surface area contributed by atoms with Crippen LogP contribution >= 0.6 is 0 Å². The molecule has 0 saturated carbocycles. The monoisotopic (exact) mass is 411 g/mol. The number of hydrogen-bond acceptors (Lipinski definition) is 4. The molecule has 1 fully saturated rings. The van der Waals surface area contributed by atoms with Crippen LogP contribution in [0.2, 0.25) is 0 Å². The van der Waals surface area contributed by atoms with E-state index < -0.39 is 24.1 Å². The van der Waals surface area contributed by atoms with Gasteiger partial charge >= 0.3 is 6.09 Å². The molecule has 3 N–H and O–H groups in total. The van der Waals surface area contributed by atoms with Crippen molar-refractivity contribution in [1.82, 2.24) is 10.2 Å². The molecular formula is C23H29N3O4. The molecule has 4 atom stereocenters. The molecule has 0 radical (unpaired) electrons. The zero-order valence-electron chi connectivity index (χ0n) is 17.2. The number of ether oxygens (including phenoxy) is 1. The molecule has 7 heteroatoms. The van der Waals surface area contributed by atoms with E-state index >= 15 is 0 Å². The summed E-state index contributed by atoms with van der Waals surface area (Å²) < 4.78 is 5.32. The fraction of sp³-hybridized carbons (Fsp3) is 0.435. The van der Waals surface area contributed by atoms with Crippen molar-refractivity contribution in [3.05, 3.63) is 60.2 Å². The molecule has 160 valence electrons. The molecule has 1 heterocycles. The lowest BCUT2D eigenvalue weighted by Gasteiger charge is -2.30. The van der Waals surface area contributed by atoms with E-state index in [1.54, 1.807) is 0 Å². The Morgan fingerprint density at radius 1 is 1.20 bits per heavy atom. The second kappa shape index (κ2) is 10.1. The number of carbonyl (C=O) groups excluding carboxylic acids is 3. The number of primary amides is 1. The van der Waals surface area contributed by atoms with Crippen molar-refractivity contribution in [2.75, 3.05) is 6.54 Å². The van der Waals surface area contributed by atoms with Crippen LogP contribution in [0.4, 0.5) is 4.79 Å². The smallest absolute Gasteiger partial charge is 0.408 e. The van der Waals surface area contributed by atoms with E-state index in [0.29, 0.717) is 25.8 Å². The van der Waals surface area contributed by atoms with Gasteiger partial charge in [0.15, 0.2) is 0 Å². The van der Waals surface area contributed by atoms with Crippen LogP contribution in [0.3, 0.4) is 0 Å². The third kappa shape index (κ3) is 5.49. The van der Waals surface area contributed by atoms with Crippen molar-refractivity contribution in [3.63, 3.8) is 0 Å². The number of allylic oxidation sites excluding steroid dienone is 4. The topological polar surface area (TPSA) is 102 Å². The highest BCUT2D eigenvalue weighted by Gasteiger charge is 2.38. The molecule has 1 aliphatic carbocycles. The van der Waals surface area contributed by atoms with Crippen molar-refractivity contribution in [2.24, 2.45) is 17.6 Å². The number of alkyl carbamates (subject to hydrolysis) is 1. The fourth-order valence-electron chi connectivity index (χ4n) is 3.98. The number of nitrogens with two attached hydrogens (primary N) is 1. The second-order valence-electron chi connectivity index (χ2n) is 7.88. The molecule has 0 aromatic heterocycles. The number of rotatable bonds is 7. The van der Waals surface area contributed by atoms with Crippen LogP contribution in [-0.4, -0.2) is 41.4 Å². The van der Waals surface area contributed by atoms with Crippen LogP contribution in [0.25, 0.3) is 0 Å². The molecule has 3 amide bonds. The minimum Gasteiger partial charge on any atom is -0.445 e. The minimum absolute atomic E-state index is 0.0907. The number of likely N-dealkylation sites (tertiary alicyclic amines) is 1. The average molecular weight is 412 g/mol. The first-order valence-corrected chi connectivity index (χ1v) is 10.4. The highest BCUT2D eigenvalue weighted by atomic mass is 16.5. The lowest BCUT2D eigenvalue weighted by Crippen LogP contribution is -2.53. The Labute approximate surface area is 176 Å². The maximum absolute atomic E-state index is 13.3. The van der Waals surface area contributed by atoms with Crippen molar-refractivity contribution < 1.29 is 19.1 Å². The van der Waals surface area contributed by atoms with Gasteiger partial charge in [-0.05, 0) is 36.7 Å². The van der Waals surface area contributed by atoms with Crippen LogP contribution in [0, 0.1) is 11.8 Å². The van der Waals surface area contributed by atoms with Gasteiger partial charge < -0.3 is 20.7 Å². The Kier molecular flexibility index (Phi) is 7.27. The van der Waals surface area contributed by atoms with Crippen LogP contribution < -0.4 is 11.1 Å².